The Hall–Kier alpha value is -3.78. The molecule has 0 unspecified atom stereocenters. The SMILES string of the molecule is Cn1c(NCCCc2ccccc2)nc(-c2ccncc2)c(N2Cc3cccc(Br)c3C2=O)c1=O. The second-order valence-electron chi connectivity index (χ2n) is 8.41. The number of rotatable bonds is 7. The summed E-state index contributed by atoms with van der Waals surface area (Å²) in [6.07, 6.45) is 5.12. The zero-order chi connectivity index (χ0) is 24.4. The normalized spacial score (nSPS) is 12.6. The standard InChI is InChI=1S/C27H24BrN5O2/c1-32-26(35)24(33-17-20-10-5-11-21(28)22(20)25(33)34)23(19-12-15-29-16-13-19)31-27(32)30-14-6-9-18-7-3-2-4-8-18/h2-5,7-8,10-13,15-16H,6,9,14,17H2,1H3,(H,30,31). The lowest BCUT2D eigenvalue weighted by molar-refractivity contribution is 0.0995. The molecule has 35 heavy (non-hydrogen) atoms. The zero-order valence-electron chi connectivity index (χ0n) is 19.2. The van der Waals surface area contributed by atoms with Gasteiger partial charge < -0.3 is 5.32 Å². The Morgan fingerprint density at radius 1 is 1.00 bits per heavy atom. The van der Waals surface area contributed by atoms with Gasteiger partial charge in [0, 0.05) is 36.0 Å². The number of nitrogens with zero attached hydrogens (tertiary/aromatic N) is 4. The number of benzene rings is 2. The van der Waals surface area contributed by atoms with Crippen LogP contribution in [0.4, 0.5) is 11.6 Å². The second kappa shape index (κ2) is 9.84. The molecule has 176 valence electrons. The predicted octanol–water partition coefficient (Wildman–Crippen LogP) is 4.81. The van der Waals surface area contributed by atoms with E-state index < -0.39 is 0 Å². The first-order valence-electron chi connectivity index (χ1n) is 11.4. The minimum absolute atomic E-state index is 0.217. The maximum atomic E-state index is 13.7. The van der Waals surface area contributed by atoms with Crippen molar-refractivity contribution in [3.63, 3.8) is 0 Å². The molecular weight excluding hydrogens is 506 g/mol. The second-order valence-corrected chi connectivity index (χ2v) is 9.27. The van der Waals surface area contributed by atoms with Crippen LogP contribution in [0.5, 0.6) is 0 Å². The van der Waals surface area contributed by atoms with Crippen molar-refractivity contribution >= 4 is 33.5 Å². The van der Waals surface area contributed by atoms with E-state index in [0.29, 0.717) is 30.3 Å². The van der Waals surface area contributed by atoms with E-state index in [9.17, 15) is 9.59 Å². The van der Waals surface area contributed by atoms with Gasteiger partial charge in [-0.2, -0.15) is 0 Å². The number of aryl methyl sites for hydroxylation is 1. The van der Waals surface area contributed by atoms with Crippen LogP contribution >= 0.6 is 15.9 Å². The van der Waals surface area contributed by atoms with E-state index in [4.69, 9.17) is 4.98 Å². The van der Waals surface area contributed by atoms with Crippen molar-refractivity contribution in [2.24, 2.45) is 7.05 Å². The van der Waals surface area contributed by atoms with E-state index in [1.807, 2.05) is 36.4 Å². The number of fused-ring (bicyclic) bond motifs is 1. The summed E-state index contributed by atoms with van der Waals surface area (Å²) in [7, 11) is 1.68. The number of pyridine rings is 1. The van der Waals surface area contributed by atoms with Crippen LogP contribution < -0.4 is 15.8 Å². The molecule has 1 aliphatic heterocycles. The summed E-state index contributed by atoms with van der Waals surface area (Å²) in [4.78, 5) is 37.5. The number of carbonyl (C=O) groups excluding carboxylic acids is 1. The highest BCUT2D eigenvalue weighted by Gasteiger charge is 2.34. The van der Waals surface area contributed by atoms with Crippen LogP contribution in [0.15, 0.2) is 82.3 Å². The first-order chi connectivity index (χ1) is 17.0. The Morgan fingerprint density at radius 2 is 1.77 bits per heavy atom. The highest BCUT2D eigenvalue weighted by atomic mass is 79.9. The molecule has 0 saturated carbocycles. The van der Waals surface area contributed by atoms with Crippen LogP contribution in [-0.2, 0) is 20.0 Å². The van der Waals surface area contributed by atoms with Gasteiger partial charge in [0.2, 0.25) is 5.95 Å². The Kier molecular flexibility index (Phi) is 6.46. The number of hydrogen-bond donors (Lipinski definition) is 1. The molecule has 5 rings (SSSR count). The zero-order valence-corrected chi connectivity index (χ0v) is 20.8. The van der Waals surface area contributed by atoms with Crippen LogP contribution in [0.2, 0.25) is 0 Å². The number of halogens is 1. The van der Waals surface area contributed by atoms with E-state index in [1.165, 1.54) is 15.0 Å². The summed E-state index contributed by atoms with van der Waals surface area (Å²) >= 11 is 3.48. The molecule has 7 nitrogen and oxygen atoms in total. The Bertz CT molecular complexity index is 1440. The number of anilines is 2. The van der Waals surface area contributed by atoms with Gasteiger partial charge in [-0.25, -0.2) is 4.98 Å². The van der Waals surface area contributed by atoms with Gasteiger partial charge in [0.15, 0.2) is 0 Å². The van der Waals surface area contributed by atoms with Crippen molar-refractivity contribution < 1.29 is 4.79 Å². The van der Waals surface area contributed by atoms with Crippen molar-refractivity contribution in [2.75, 3.05) is 16.8 Å². The van der Waals surface area contributed by atoms with Gasteiger partial charge in [-0.15, -0.1) is 0 Å². The Labute approximate surface area is 211 Å². The molecule has 2 aromatic carbocycles. The summed E-state index contributed by atoms with van der Waals surface area (Å²) in [5.74, 6) is 0.245. The molecule has 0 bridgehead atoms. The van der Waals surface area contributed by atoms with E-state index in [2.05, 4.69) is 38.4 Å². The molecule has 0 atom stereocenters. The number of amides is 1. The van der Waals surface area contributed by atoms with Crippen molar-refractivity contribution in [1.29, 1.82) is 0 Å². The smallest absolute Gasteiger partial charge is 0.279 e. The van der Waals surface area contributed by atoms with Crippen LogP contribution in [0.3, 0.4) is 0 Å². The summed E-state index contributed by atoms with van der Waals surface area (Å²) in [6, 6.07) is 19.5. The summed E-state index contributed by atoms with van der Waals surface area (Å²) in [5.41, 5.74) is 3.88. The number of aromatic nitrogens is 3. The first-order valence-corrected chi connectivity index (χ1v) is 12.2. The summed E-state index contributed by atoms with van der Waals surface area (Å²) < 4.78 is 2.20. The number of nitrogens with one attached hydrogen (secondary N) is 1. The van der Waals surface area contributed by atoms with E-state index in [-0.39, 0.29) is 17.2 Å². The Balaban J connectivity index is 1.49. The largest absolute Gasteiger partial charge is 0.356 e. The van der Waals surface area contributed by atoms with Crippen LogP contribution in [-0.4, -0.2) is 27.0 Å². The fraction of sp³-hybridized carbons (Fsp3) is 0.185. The molecule has 1 aliphatic rings. The van der Waals surface area contributed by atoms with E-state index in [1.54, 1.807) is 31.6 Å². The predicted molar refractivity (Wildman–Crippen MR) is 141 cm³/mol. The van der Waals surface area contributed by atoms with Gasteiger partial charge in [-0.3, -0.25) is 24.0 Å². The summed E-state index contributed by atoms with van der Waals surface area (Å²) in [5, 5.41) is 3.31. The molecule has 0 aliphatic carbocycles. The minimum atomic E-state index is -0.283. The van der Waals surface area contributed by atoms with E-state index >= 15 is 0 Å². The molecule has 2 aromatic heterocycles. The minimum Gasteiger partial charge on any atom is -0.356 e. The lowest BCUT2D eigenvalue weighted by Crippen LogP contribution is -2.34. The van der Waals surface area contributed by atoms with Crippen LogP contribution in [0, 0.1) is 0 Å². The maximum Gasteiger partial charge on any atom is 0.279 e. The molecule has 1 N–H and O–H groups in total. The summed E-state index contributed by atoms with van der Waals surface area (Å²) in [6.45, 7) is 0.970. The first kappa shape index (κ1) is 23.0. The van der Waals surface area contributed by atoms with E-state index in [0.717, 1.165) is 28.4 Å². The number of hydrogen-bond acceptors (Lipinski definition) is 5. The molecule has 0 fully saturated rings. The van der Waals surface area contributed by atoms with Crippen molar-refractivity contribution in [3.05, 3.63) is 105 Å². The Morgan fingerprint density at radius 3 is 2.51 bits per heavy atom. The topological polar surface area (TPSA) is 80.1 Å². The van der Waals surface area contributed by atoms with Gasteiger partial charge >= 0.3 is 0 Å². The fourth-order valence-corrected chi connectivity index (χ4v) is 4.91. The molecule has 0 spiro atoms. The van der Waals surface area contributed by atoms with Crippen LogP contribution in [0.25, 0.3) is 11.3 Å². The third-order valence-corrected chi connectivity index (χ3v) is 6.81. The monoisotopic (exact) mass is 529 g/mol. The van der Waals surface area contributed by atoms with Gasteiger partial charge in [0.05, 0.1) is 12.1 Å². The fourth-order valence-electron chi connectivity index (χ4n) is 4.34. The van der Waals surface area contributed by atoms with Crippen LogP contribution in [0.1, 0.15) is 27.9 Å². The average Bonchev–Trinajstić information content (AvgIpc) is 3.22. The molecule has 3 heterocycles. The molecule has 8 heteroatoms. The van der Waals surface area contributed by atoms with Gasteiger partial charge in [0.1, 0.15) is 11.4 Å². The molecule has 0 saturated heterocycles. The third kappa shape index (κ3) is 4.49. The molecule has 0 radical (unpaired) electrons. The highest BCUT2D eigenvalue weighted by molar-refractivity contribution is 9.10. The van der Waals surface area contributed by atoms with Gasteiger partial charge in [-0.1, -0.05) is 42.5 Å². The molecule has 4 aromatic rings. The third-order valence-electron chi connectivity index (χ3n) is 6.15. The molecular formula is C27H24BrN5O2. The lowest BCUT2D eigenvalue weighted by atomic mass is 10.1. The maximum absolute atomic E-state index is 13.7. The van der Waals surface area contributed by atoms with Crippen molar-refractivity contribution in [3.8, 4) is 11.3 Å². The van der Waals surface area contributed by atoms with Crippen molar-refractivity contribution in [1.82, 2.24) is 14.5 Å². The quantitative estimate of drug-likeness (QED) is 0.347. The number of carbonyl (C=O) groups is 1. The lowest BCUT2D eigenvalue weighted by Gasteiger charge is -2.21. The van der Waals surface area contributed by atoms with Gasteiger partial charge in [-0.05, 0) is 58.1 Å². The highest BCUT2D eigenvalue weighted by Crippen LogP contribution is 2.35. The van der Waals surface area contributed by atoms with Crippen molar-refractivity contribution in [2.45, 2.75) is 19.4 Å². The molecule has 1 amide bonds. The van der Waals surface area contributed by atoms with Gasteiger partial charge in [0.25, 0.3) is 11.5 Å². The average molecular weight is 530 g/mol.